The third-order valence-electron chi connectivity index (χ3n) is 5.99. The quantitative estimate of drug-likeness (QED) is 0.215. The van der Waals surface area contributed by atoms with Gasteiger partial charge in [0, 0.05) is 5.56 Å². The van der Waals surface area contributed by atoms with Crippen molar-refractivity contribution in [2.75, 3.05) is 11.5 Å². The minimum Gasteiger partial charge on any atom is -0.507 e. The van der Waals surface area contributed by atoms with E-state index in [1.165, 1.54) is 16.2 Å². The number of hydrogen-bond acceptors (Lipinski definition) is 6. The van der Waals surface area contributed by atoms with Crippen LogP contribution in [-0.4, -0.2) is 28.4 Å². The molecule has 5 rings (SSSR count). The molecule has 35 heavy (non-hydrogen) atoms. The van der Waals surface area contributed by atoms with E-state index in [1.54, 1.807) is 24.3 Å². The molecular weight excluding hydrogens is 460 g/mol. The second-order valence-electron chi connectivity index (χ2n) is 8.51. The third kappa shape index (κ3) is 4.08. The minimum atomic E-state index is -0.812. The number of ether oxygens (including phenoxy) is 1. The molecule has 0 bridgehead atoms. The summed E-state index contributed by atoms with van der Waals surface area (Å²) in [6, 6.07) is 19.5. The van der Waals surface area contributed by atoms with E-state index >= 15 is 0 Å². The van der Waals surface area contributed by atoms with E-state index in [9.17, 15) is 14.7 Å². The van der Waals surface area contributed by atoms with Crippen LogP contribution in [-0.2, 0) is 9.59 Å². The number of carbonyl (C=O) groups is 2. The highest BCUT2D eigenvalue weighted by atomic mass is 32.1. The summed E-state index contributed by atoms with van der Waals surface area (Å²) in [5.41, 5.74) is 4.04. The Morgan fingerprint density at radius 3 is 2.51 bits per heavy atom. The van der Waals surface area contributed by atoms with Crippen molar-refractivity contribution in [1.82, 2.24) is 4.98 Å². The van der Waals surface area contributed by atoms with Gasteiger partial charge in [0.05, 0.1) is 28.4 Å². The number of aromatic nitrogens is 1. The van der Waals surface area contributed by atoms with Crippen LogP contribution in [0.5, 0.6) is 5.75 Å². The maximum atomic E-state index is 13.4. The van der Waals surface area contributed by atoms with Crippen molar-refractivity contribution in [3.05, 3.63) is 94.6 Å². The molecule has 1 atom stereocenters. The molecule has 3 aromatic carbocycles. The molecule has 1 N–H and O–H groups in total. The summed E-state index contributed by atoms with van der Waals surface area (Å²) < 4.78 is 6.49. The average molecular weight is 485 g/mol. The molecule has 0 saturated carbocycles. The predicted molar refractivity (Wildman–Crippen MR) is 138 cm³/mol. The lowest BCUT2D eigenvalue weighted by Crippen LogP contribution is -2.29. The Labute approximate surface area is 207 Å². The van der Waals surface area contributed by atoms with Gasteiger partial charge < -0.3 is 9.84 Å². The molecule has 1 aromatic heterocycles. The zero-order valence-electron chi connectivity index (χ0n) is 19.6. The topological polar surface area (TPSA) is 79.7 Å². The molecule has 176 valence electrons. The van der Waals surface area contributed by atoms with E-state index in [1.807, 2.05) is 63.2 Å². The van der Waals surface area contributed by atoms with Crippen LogP contribution in [0, 0.1) is 13.8 Å². The number of benzene rings is 3. The molecule has 0 spiro atoms. The van der Waals surface area contributed by atoms with E-state index in [-0.39, 0.29) is 11.3 Å². The number of aliphatic hydroxyl groups excluding tert-OH is 1. The standard InChI is InChI=1S/C28H24N2O4S/c1-4-34-20-7-5-6-19(15-20)25(31)23-24(18-11-8-16(2)9-12-18)30(27(33)26(23)32)28-29-21-13-10-17(3)14-22(21)35-28/h5-15,24,31H,4H2,1-3H3. The van der Waals surface area contributed by atoms with Crippen LogP contribution in [0.2, 0.25) is 0 Å². The number of Topliss-reactive ketones (excluding diaryl/α,β-unsaturated/α-hetero) is 1. The fourth-order valence-corrected chi connectivity index (χ4v) is 5.36. The SMILES string of the molecule is CCOc1cccc(C(O)=C2C(=O)C(=O)N(c3nc4ccc(C)cc4s3)C2c2ccc(C)cc2)c1. The summed E-state index contributed by atoms with van der Waals surface area (Å²) >= 11 is 1.35. The van der Waals surface area contributed by atoms with Gasteiger partial charge in [-0.3, -0.25) is 14.5 Å². The number of rotatable bonds is 5. The van der Waals surface area contributed by atoms with Gasteiger partial charge in [0.1, 0.15) is 11.5 Å². The maximum absolute atomic E-state index is 13.4. The van der Waals surface area contributed by atoms with Gasteiger partial charge in [-0.15, -0.1) is 0 Å². The van der Waals surface area contributed by atoms with Crippen molar-refractivity contribution in [3.63, 3.8) is 0 Å². The summed E-state index contributed by atoms with van der Waals surface area (Å²) in [5.74, 6) is -1.13. The lowest BCUT2D eigenvalue weighted by molar-refractivity contribution is -0.132. The van der Waals surface area contributed by atoms with E-state index in [0.29, 0.717) is 28.6 Å². The molecule has 1 unspecified atom stereocenters. The van der Waals surface area contributed by atoms with Crippen LogP contribution >= 0.6 is 11.3 Å². The fourth-order valence-electron chi connectivity index (χ4n) is 4.27. The van der Waals surface area contributed by atoms with E-state index in [4.69, 9.17) is 4.74 Å². The average Bonchev–Trinajstić information content (AvgIpc) is 3.37. The van der Waals surface area contributed by atoms with Crippen molar-refractivity contribution >= 4 is 44.1 Å². The molecule has 7 heteroatoms. The number of aliphatic hydroxyl groups is 1. The number of fused-ring (bicyclic) bond motifs is 1. The number of carbonyl (C=O) groups excluding carboxylic acids is 2. The lowest BCUT2D eigenvalue weighted by atomic mass is 9.95. The first-order valence-corrected chi connectivity index (χ1v) is 12.2. The summed E-state index contributed by atoms with van der Waals surface area (Å²) in [6.45, 7) is 6.30. The first-order valence-electron chi connectivity index (χ1n) is 11.4. The van der Waals surface area contributed by atoms with Crippen LogP contribution < -0.4 is 9.64 Å². The zero-order valence-corrected chi connectivity index (χ0v) is 20.4. The van der Waals surface area contributed by atoms with Crippen molar-refractivity contribution in [1.29, 1.82) is 0 Å². The number of hydrogen-bond donors (Lipinski definition) is 1. The molecule has 1 aliphatic heterocycles. The largest absolute Gasteiger partial charge is 0.507 e. The van der Waals surface area contributed by atoms with Crippen LogP contribution in [0.3, 0.4) is 0 Å². The first-order chi connectivity index (χ1) is 16.9. The number of nitrogens with zero attached hydrogens (tertiary/aromatic N) is 2. The highest BCUT2D eigenvalue weighted by Gasteiger charge is 2.48. The van der Waals surface area contributed by atoms with E-state index in [2.05, 4.69) is 4.98 Å². The van der Waals surface area contributed by atoms with Gasteiger partial charge in [-0.1, -0.05) is 59.4 Å². The third-order valence-corrected chi connectivity index (χ3v) is 7.01. The zero-order chi connectivity index (χ0) is 24.7. The summed E-state index contributed by atoms with van der Waals surface area (Å²) in [7, 11) is 0. The normalized spacial score (nSPS) is 17.3. The van der Waals surface area contributed by atoms with Gasteiger partial charge in [-0.2, -0.15) is 0 Å². The second kappa shape index (κ2) is 9.00. The molecule has 1 amide bonds. The summed E-state index contributed by atoms with van der Waals surface area (Å²) in [6.07, 6.45) is 0. The Balaban J connectivity index is 1.71. The van der Waals surface area contributed by atoms with Crippen molar-refractivity contribution in [3.8, 4) is 5.75 Å². The highest BCUT2D eigenvalue weighted by Crippen LogP contribution is 2.44. The minimum absolute atomic E-state index is 0.0305. The van der Waals surface area contributed by atoms with Crippen LogP contribution in [0.1, 0.15) is 35.2 Å². The Hall–Kier alpha value is -3.97. The number of thiazole rings is 1. The van der Waals surface area contributed by atoms with Gasteiger partial charge in [0.2, 0.25) is 0 Å². The highest BCUT2D eigenvalue weighted by molar-refractivity contribution is 7.22. The number of aryl methyl sites for hydroxylation is 2. The van der Waals surface area contributed by atoms with Crippen molar-refractivity contribution in [2.45, 2.75) is 26.8 Å². The molecule has 1 saturated heterocycles. The Morgan fingerprint density at radius 1 is 1.03 bits per heavy atom. The van der Waals surface area contributed by atoms with Gasteiger partial charge in [0.15, 0.2) is 5.13 Å². The lowest BCUT2D eigenvalue weighted by Gasteiger charge is -2.23. The van der Waals surface area contributed by atoms with E-state index < -0.39 is 17.7 Å². The van der Waals surface area contributed by atoms with Gasteiger partial charge in [0.25, 0.3) is 5.78 Å². The van der Waals surface area contributed by atoms with E-state index in [0.717, 1.165) is 21.3 Å². The Kier molecular flexibility index (Phi) is 5.86. The number of anilines is 1. The second-order valence-corrected chi connectivity index (χ2v) is 9.52. The van der Waals surface area contributed by atoms with Crippen LogP contribution in [0.25, 0.3) is 16.0 Å². The molecule has 6 nitrogen and oxygen atoms in total. The molecule has 2 heterocycles. The molecule has 1 aliphatic rings. The van der Waals surface area contributed by atoms with Crippen molar-refractivity contribution in [2.24, 2.45) is 0 Å². The molecular formula is C28H24N2O4S. The Bertz CT molecular complexity index is 1490. The molecule has 4 aromatic rings. The van der Waals surface area contributed by atoms with Crippen molar-refractivity contribution < 1.29 is 19.4 Å². The van der Waals surface area contributed by atoms with Gasteiger partial charge >= 0.3 is 5.91 Å². The summed E-state index contributed by atoms with van der Waals surface area (Å²) in [4.78, 5) is 32.8. The fraction of sp³-hybridized carbons (Fsp3) is 0.179. The maximum Gasteiger partial charge on any atom is 0.301 e. The molecule has 0 radical (unpaired) electrons. The number of ketones is 1. The molecule has 0 aliphatic carbocycles. The summed E-state index contributed by atoms with van der Waals surface area (Å²) in [5, 5.41) is 11.8. The first kappa shape index (κ1) is 22.8. The predicted octanol–water partition coefficient (Wildman–Crippen LogP) is 5.94. The number of amides is 1. The van der Waals surface area contributed by atoms with Crippen LogP contribution in [0.15, 0.2) is 72.3 Å². The smallest absolute Gasteiger partial charge is 0.301 e. The van der Waals surface area contributed by atoms with Crippen LogP contribution in [0.4, 0.5) is 5.13 Å². The van der Waals surface area contributed by atoms with Gasteiger partial charge in [-0.25, -0.2) is 4.98 Å². The monoisotopic (exact) mass is 484 g/mol. The molecule has 1 fully saturated rings. The Morgan fingerprint density at radius 2 is 1.77 bits per heavy atom. The van der Waals surface area contributed by atoms with Gasteiger partial charge in [-0.05, 0) is 56.2 Å².